The van der Waals surface area contributed by atoms with Crippen LogP contribution in [0.1, 0.15) is 54.9 Å². The summed E-state index contributed by atoms with van der Waals surface area (Å²) < 4.78 is 0. The van der Waals surface area contributed by atoms with E-state index in [0.29, 0.717) is 42.3 Å². The number of carbonyl (C=O) groups is 2. The van der Waals surface area contributed by atoms with Crippen LogP contribution >= 0.6 is 0 Å². The number of nitrogens with zero attached hydrogens (tertiary/aromatic N) is 3. The molecule has 2 rings (SSSR count). The first-order valence-electron chi connectivity index (χ1n) is 8.68. The van der Waals surface area contributed by atoms with Gasteiger partial charge in [-0.05, 0) is 39.0 Å². The molecule has 0 unspecified atom stereocenters. The highest BCUT2D eigenvalue weighted by Crippen LogP contribution is 2.37. The number of amides is 1. The average molecular weight is 349 g/mol. The van der Waals surface area contributed by atoms with Gasteiger partial charge in [-0.25, -0.2) is 9.97 Å². The van der Waals surface area contributed by atoms with Crippen molar-refractivity contribution in [2.75, 3.05) is 13.1 Å². The monoisotopic (exact) mass is 349 g/mol. The molecule has 0 spiro atoms. The third-order valence-electron chi connectivity index (χ3n) is 5.10. The Balaban J connectivity index is 2.31. The summed E-state index contributed by atoms with van der Waals surface area (Å²) in [4.78, 5) is 34.7. The van der Waals surface area contributed by atoms with Crippen molar-refractivity contribution < 1.29 is 19.8 Å². The minimum atomic E-state index is -1.32. The zero-order chi connectivity index (χ0) is 18.8. The fraction of sp³-hybridized carbons (Fsp3) is 0.667. The number of likely N-dealkylation sites (tertiary alicyclic amines) is 1. The molecule has 1 aromatic heterocycles. The Hall–Kier alpha value is -2.02. The SMILES string of the molecule is Cc1ncnc(C)c1C(=O)N1CC[C@H](O)[C@](CCC(C)C)(C(=O)O)C1. The summed E-state index contributed by atoms with van der Waals surface area (Å²) in [6.07, 6.45) is 1.72. The summed E-state index contributed by atoms with van der Waals surface area (Å²) in [6.45, 7) is 7.84. The van der Waals surface area contributed by atoms with Gasteiger partial charge >= 0.3 is 5.97 Å². The second-order valence-corrected chi connectivity index (χ2v) is 7.34. The van der Waals surface area contributed by atoms with E-state index in [1.807, 2.05) is 13.8 Å². The van der Waals surface area contributed by atoms with Gasteiger partial charge in [-0.2, -0.15) is 0 Å². The summed E-state index contributed by atoms with van der Waals surface area (Å²) in [5.74, 6) is -0.991. The summed E-state index contributed by atoms with van der Waals surface area (Å²) in [6, 6.07) is 0. The van der Waals surface area contributed by atoms with Gasteiger partial charge in [-0.3, -0.25) is 9.59 Å². The zero-order valence-electron chi connectivity index (χ0n) is 15.3. The van der Waals surface area contributed by atoms with Crippen LogP contribution in [0.15, 0.2) is 6.33 Å². The molecule has 1 saturated heterocycles. The van der Waals surface area contributed by atoms with Gasteiger partial charge in [0.1, 0.15) is 11.7 Å². The van der Waals surface area contributed by atoms with Gasteiger partial charge in [0.15, 0.2) is 0 Å². The summed E-state index contributed by atoms with van der Waals surface area (Å²) in [5.41, 5.74) is 0.246. The van der Waals surface area contributed by atoms with E-state index in [1.165, 1.54) is 11.2 Å². The predicted molar refractivity (Wildman–Crippen MR) is 92.2 cm³/mol. The topological polar surface area (TPSA) is 104 Å². The number of hydrogen-bond acceptors (Lipinski definition) is 5. The average Bonchev–Trinajstić information content (AvgIpc) is 2.53. The van der Waals surface area contributed by atoms with Crippen molar-refractivity contribution in [1.82, 2.24) is 14.9 Å². The molecule has 0 aliphatic carbocycles. The first-order chi connectivity index (χ1) is 11.7. The molecule has 0 radical (unpaired) electrons. The zero-order valence-corrected chi connectivity index (χ0v) is 15.3. The van der Waals surface area contributed by atoms with Crippen molar-refractivity contribution in [3.63, 3.8) is 0 Å². The number of carbonyl (C=O) groups excluding carboxylic acids is 1. The Morgan fingerprint density at radius 3 is 2.44 bits per heavy atom. The van der Waals surface area contributed by atoms with E-state index in [1.54, 1.807) is 13.8 Å². The number of piperidine rings is 1. The van der Waals surface area contributed by atoms with Gasteiger partial charge in [0.2, 0.25) is 0 Å². The van der Waals surface area contributed by atoms with Crippen LogP contribution < -0.4 is 0 Å². The van der Waals surface area contributed by atoms with E-state index in [4.69, 9.17) is 0 Å². The highest BCUT2D eigenvalue weighted by atomic mass is 16.4. The summed E-state index contributed by atoms with van der Waals surface area (Å²) in [5, 5.41) is 20.3. The second-order valence-electron chi connectivity index (χ2n) is 7.34. The molecule has 1 aliphatic rings. The van der Waals surface area contributed by atoms with E-state index in [9.17, 15) is 19.8 Å². The van der Waals surface area contributed by atoms with Crippen LogP contribution in [0.5, 0.6) is 0 Å². The first kappa shape index (κ1) is 19.3. The molecule has 138 valence electrons. The Morgan fingerprint density at radius 1 is 1.32 bits per heavy atom. The Kier molecular flexibility index (Phi) is 5.77. The van der Waals surface area contributed by atoms with Crippen molar-refractivity contribution in [3.8, 4) is 0 Å². The largest absolute Gasteiger partial charge is 0.481 e. The molecule has 1 amide bonds. The number of aryl methyl sites for hydroxylation is 2. The number of aliphatic hydroxyl groups is 1. The smallest absolute Gasteiger partial charge is 0.314 e. The van der Waals surface area contributed by atoms with Crippen molar-refractivity contribution >= 4 is 11.9 Å². The molecule has 2 N–H and O–H groups in total. The minimum absolute atomic E-state index is 0.00281. The molecule has 0 saturated carbocycles. The lowest BCUT2D eigenvalue weighted by molar-refractivity contribution is -0.163. The molecule has 1 fully saturated rings. The van der Waals surface area contributed by atoms with Gasteiger partial charge in [0, 0.05) is 13.1 Å². The molecular formula is C18H27N3O4. The van der Waals surface area contributed by atoms with Crippen LogP contribution in [-0.2, 0) is 4.79 Å². The molecule has 1 aliphatic heterocycles. The van der Waals surface area contributed by atoms with Crippen molar-refractivity contribution in [2.24, 2.45) is 11.3 Å². The number of aliphatic carboxylic acids is 1. The van der Waals surface area contributed by atoms with Crippen LogP contribution in [0.4, 0.5) is 0 Å². The lowest BCUT2D eigenvalue weighted by atomic mass is 9.72. The molecule has 7 heteroatoms. The maximum atomic E-state index is 13.0. The number of hydrogen-bond donors (Lipinski definition) is 2. The Bertz CT molecular complexity index is 641. The lowest BCUT2D eigenvalue weighted by Gasteiger charge is -2.43. The van der Waals surface area contributed by atoms with Crippen LogP contribution in [0.25, 0.3) is 0 Å². The number of carboxylic acids is 1. The van der Waals surface area contributed by atoms with Crippen molar-refractivity contribution in [2.45, 2.75) is 53.1 Å². The fourth-order valence-corrected chi connectivity index (χ4v) is 3.42. The van der Waals surface area contributed by atoms with Crippen molar-refractivity contribution in [1.29, 1.82) is 0 Å². The van der Waals surface area contributed by atoms with E-state index in [2.05, 4.69) is 9.97 Å². The van der Waals surface area contributed by atoms with Gasteiger partial charge in [0.25, 0.3) is 5.91 Å². The van der Waals surface area contributed by atoms with E-state index in [-0.39, 0.29) is 18.9 Å². The first-order valence-corrected chi connectivity index (χ1v) is 8.68. The highest BCUT2D eigenvalue weighted by molar-refractivity contribution is 5.96. The lowest BCUT2D eigenvalue weighted by Crippen LogP contribution is -2.57. The Morgan fingerprint density at radius 2 is 1.92 bits per heavy atom. The normalized spacial score (nSPS) is 23.8. The second kappa shape index (κ2) is 7.47. The number of carboxylic acid groups (broad SMARTS) is 1. The molecule has 0 bridgehead atoms. The van der Waals surface area contributed by atoms with Gasteiger partial charge in [-0.1, -0.05) is 13.8 Å². The van der Waals surface area contributed by atoms with Crippen LogP contribution in [0.2, 0.25) is 0 Å². The molecular weight excluding hydrogens is 322 g/mol. The summed E-state index contributed by atoms with van der Waals surface area (Å²) in [7, 11) is 0. The Labute approximate surface area is 148 Å². The van der Waals surface area contributed by atoms with E-state index < -0.39 is 17.5 Å². The number of aliphatic hydroxyl groups excluding tert-OH is 1. The third kappa shape index (κ3) is 3.81. The molecule has 7 nitrogen and oxygen atoms in total. The molecule has 0 aromatic carbocycles. The van der Waals surface area contributed by atoms with Gasteiger partial charge in [0.05, 0.1) is 23.1 Å². The molecule has 2 atom stereocenters. The van der Waals surface area contributed by atoms with Gasteiger partial charge < -0.3 is 15.1 Å². The maximum absolute atomic E-state index is 13.0. The fourth-order valence-electron chi connectivity index (χ4n) is 3.42. The molecule has 1 aromatic rings. The maximum Gasteiger partial charge on any atom is 0.314 e. The van der Waals surface area contributed by atoms with Gasteiger partial charge in [-0.15, -0.1) is 0 Å². The van der Waals surface area contributed by atoms with Crippen LogP contribution in [0.3, 0.4) is 0 Å². The van der Waals surface area contributed by atoms with Crippen molar-refractivity contribution in [3.05, 3.63) is 23.3 Å². The standard InChI is InChI=1S/C18H27N3O4/c1-11(2)5-7-18(17(24)25)9-21(8-6-14(18)22)16(23)15-12(3)19-10-20-13(15)4/h10-11,14,22H,5-9H2,1-4H3,(H,24,25)/t14-,18+/m0/s1. The van der Waals surface area contributed by atoms with Crippen LogP contribution in [-0.4, -0.2) is 56.2 Å². The molecule has 25 heavy (non-hydrogen) atoms. The van der Waals surface area contributed by atoms with Crippen LogP contribution in [0, 0.1) is 25.2 Å². The predicted octanol–water partition coefficient (Wildman–Crippen LogP) is 1.81. The minimum Gasteiger partial charge on any atom is -0.481 e. The highest BCUT2D eigenvalue weighted by Gasteiger charge is 2.50. The number of aromatic nitrogens is 2. The van der Waals surface area contributed by atoms with E-state index >= 15 is 0 Å². The molecule has 2 heterocycles. The quantitative estimate of drug-likeness (QED) is 0.840. The van der Waals surface area contributed by atoms with E-state index in [0.717, 1.165) is 0 Å². The third-order valence-corrected chi connectivity index (χ3v) is 5.10. The summed E-state index contributed by atoms with van der Waals surface area (Å²) >= 11 is 0. The number of rotatable bonds is 5.